The summed E-state index contributed by atoms with van der Waals surface area (Å²) in [5.74, 6) is 0.213. The van der Waals surface area contributed by atoms with Crippen LogP contribution in [0.1, 0.15) is 26.0 Å². The zero-order valence-electron chi connectivity index (χ0n) is 16.4. The van der Waals surface area contributed by atoms with Gasteiger partial charge in [0.2, 0.25) is 0 Å². The van der Waals surface area contributed by atoms with E-state index >= 15 is 0 Å². The lowest BCUT2D eigenvalue weighted by Crippen LogP contribution is -2.45. The lowest BCUT2D eigenvalue weighted by atomic mass is 9.67. The average molecular weight is 382 g/mol. The smallest absolute Gasteiger partial charge is 0.142 e. The van der Waals surface area contributed by atoms with Gasteiger partial charge in [-0.3, -0.25) is 4.98 Å². The largest absolute Gasteiger partial charge is 0.497 e. The Balaban J connectivity index is 2.24. The molecule has 2 atom stereocenters. The second-order valence-electron chi connectivity index (χ2n) is 7.65. The van der Waals surface area contributed by atoms with Gasteiger partial charge >= 0.3 is 0 Å². The number of hydrogen-bond donors (Lipinski definition) is 1. The van der Waals surface area contributed by atoms with Crippen molar-refractivity contribution in [3.63, 3.8) is 0 Å². The van der Waals surface area contributed by atoms with Crippen LogP contribution < -0.4 is 4.74 Å². The molecular weight excluding hydrogens is 359 g/mol. The quantitative estimate of drug-likeness (QED) is 0.866. The number of nitriles is 1. The topological polar surface area (TPSA) is 75.4 Å². The maximum atomic E-state index is 14.1. The zero-order valence-corrected chi connectivity index (χ0v) is 16.4. The first kappa shape index (κ1) is 20.0. The van der Waals surface area contributed by atoms with Crippen LogP contribution in [0.25, 0.3) is 11.1 Å². The van der Waals surface area contributed by atoms with Gasteiger partial charge in [-0.05, 0) is 41.7 Å². The van der Waals surface area contributed by atoms with E-state index in [4.69, 9.17) is 9.47 Å². The molecule has 0 bridgehead atoms. The molecule has 0 saturated heterocycles. The highest BCUT2D eigenvalue weighted by Gasteiger charge is 2.48. The fourth-order valence-electron chi connectivity index (χ4n) is 3.82. The highest BCUT2D eigenvalue weighted by atomic mass is 19.1. The lowest BCUT2D eigenvalue weighted by Gasteiger charge is -2.44. The Hall–Kier alpha value is -2.75. The zero-order chi connectivity index (χ0) is 20.5. The molecule has 3 rings (SSSR count). The molecule has 28 heavy (non-hydrogen) atoms. The van der Waals surface area contributed by atoms with E-state index in [0.717, 1.165) is 11.8 Å². The number of benzene rings is 1. The molecule has 1 aliphatic rings. The summed E-state index contributed by atoms with van der Waals surface area (Å²) in [7, 11) is 3.11. The lowest BCUT2D eigenvalue weighted by molar-refractivity contribution is -0.0539. The number of hydrogen-bond acceptors (Lipinski definition) is 5. The number of aliphatic hydroxyl groups excluding tert-OH is 1. The second kappa shape index (κ2) is 7.34. The number of aromatic nitrogens is 1. The van der Waals surface area contributed by atoms with Crippen LogP contribution in [0.5, 0.6) is 5.75 Å². The maximum absolute atomic E-state index is 14.1. The monoisotopic (exact) mass is 382 g/mol. The molecule has 0 amide bonds. The number of pyridine rings is 1. The highest BCUT2D eigenvalue weighted by Crippen LogP contribution is 2.48. The number of rotatable bonds is 4. The Bertz CT molecular complexity index is 947. The van der Waals surface area contributed by atoms with E-state index in [2.05, 4.69) is 11.1 Å². The average Bonchev–Trinajstić information content (AvgIpc) is 2.70. The molecule has 1 aromatic carbocycles. The highest BCUT2D eigenvalue weighted by molar-refractivity contribution is 5.68. The third-order valence-corrected chi connectivity index (χ3v) is 5.29. The van der Waals surface area contributed by atoms with Gasteiger partial charge in [0.15, 0.2) is 0 Å². The predicted octanol–water partition coefficient (Wildman–Crippen LogP) is 3.98. The Morgan fingerprint density at radius 1 is 1.25 bits per heavy atom. The maximum Gasteiger partial charge on any atom is 0.142 e. The minimum atomic E-state index is -1.07. The van der Waals surface area contributed by atoms with Gasteiger partial charge in [0.05, 0.1) is 36.7 Å². The van der Waals surface area contributed by atoms with Gasteiger partial charge in [0.25, 0.3) is 0 Å². The number of aliphatic hydroxyl groups is 1. The normalized spacial score (nSPS) is 23.6. The Kier molecular flexibility index (Phi) is 5.24. The van der Waals surface area contributed by atoms with E-state index in [-0.39, 0.29) is 5.57 Å². The van der Waals surface area contributed by atoms with Gasteiger partial charge in [-0.2, -0.15) is 5.26 Å². The van der Waals surface area contributed by atoms with E-state index in [1.807, 2.05) is 26.0 Å². The molecule has 1 aromatic heterocycles. The van der Waals surface area contributed by atoms with Crippen LogP contribution in [0.3, 0.4) is 0 Å². The molecule has 5 nitrogen and oxygen atoms in total. The van der Waals surface area contributed by atoms with Gasteiger partial charge in [-0.15, -0.1) is 0 Å². The summed E-state index contributed by atoms with van der Waals surface area (Å²) in [5, 5.41) is 20.0. The molecule has 0 spiro atoms. The Morgan fingerprint density at radius 2 is 1.93 bits per heavy atom. The molecule has 0 fully saturated rings. The van der Waals surface area contributed by atoms with Crippen LogP contribution in [0.4, 0.5) is 4.39 Å². The summed E-state index contributed by atoms with van der Waals surface area (Å²) in [6, 6.07) is 10.7. The molecule has 1 aliphatic carbocycles. The van der Waals surface area contributed by atoms with Gasteiger partial charge in [-0.25, -0.2) is 4.39 Å². The molecule has 0 aliphatic heterocycles. The Labute approximate surface area is 164 Å². The van der Waals surface area contributed by atoms with E-state index < -0.39 is 22.9 Å². The molecule has 146 valence electrons. The summed E-state index contributed by atoms with van der Waals surface area (Å²) in [6.45, 7) is 3.73. The first-order valence-corrected chi connectivity index (χ1v) is 8.93. The van der Waals surface area contributed by atoms with Crippen LogP contribution in [-0.2, 0) is 10.3 Å². The summed E-state index contributed by atoms with van der Waals surface area (Å²) in [6.07, 6.45) is 2.22. The van der Waals surface area contributed by atoms with Crippen molar-refractivity contribution in [1.29, 1.82) is 5.26 Å². The number of methoxy groups -OCH3 is 2. The first-order chi connectivity index (χ1) is 13.3. The summed E-state index contributed by atoms with van der Waals surface area (Å²) in [4.78, 5) is 4.36. The van der Waals surface area contributed by atoms with E-state index in [1.54, 1.807) is 25.3 Å². The third-order valence-electron chi connectivity index (χ3n) is 5.29. The van der Waals surface area contributed by atoms with Crippen LogP contribution in [0, 0.1) is 22.6 Å². The summed E-state index contributed by atoms with van der Waals surface area (Å²) in [5.41, 5.74) is 0.305. The van der Waals surface area contributed by atoms with Crippen LogP contribution >= 0.6 is 0 Å². The van der Waals surface area contributed by atoms with Gasteiger partial charge in [-0.1, -0.05) is 26.0 Å². The second-order valence-corrected chi connectivity index (χ2v) is 7.65. The SMILES string of the molecule is COc1ccc(-c2cc(F)cnc2C2(OC)C=C(C#N)C(O)C(C)(C)C2)cc1. The van der Waals surface area contributed by atoms with Crippen LogP contribution in [-0.4, -0.2) is 30.4 Å². The number of halogens is 1. The van der Waals surface area contributed by atoms with Crippen molar-refractivity contribution in [3.8, 4) is 22.9 Å². The fraction of sp³-hybridized carbons (Fsp3) is 0.364. The molecular formula is C22H23FN2O3. The van der Waals surface area contributed by atoms with Crippen molar-refractivity contribution in [2.45, 2.75) is 32.0 Å². The van der Waals surface area contributed by atoms with Crippen molar-refractivity contribution in [2.75, 3.05) is 14.2 Å². The fourth-order valence-corrected chi connectivity index (χ4v) is 3.82. The van der Waals surface area contributed by atoms with Crippen molar-refractivity contribution in [1.82, 2.24) is 4.98 Å². The Morgan fingerprint density at radius 3 is 2.50 bits per heavy atom. The molecule has 0 saturated carbocycles. The molecule has 1 heterocycles. The number of nitrogens with zero attached hydrogens (tertiary/aromatic N) is 2. The summed E-state index contributed by atoms with van der Waals surface area (Å²) < 4.78 is 25.2. The minimum Gasteiger partial charge on any atom is -0.497 e. The molecule has 0 radical (unpaired) electrons. The number of ether oxygens (including phenoxy) is 2. The summed E-state index contributed by atoms with van der Waals surface area (Å²) >= 11 is 0. The van der Waals surface area contributed by atoms with Crippen molar-refractivity contribution < 1.29 is 19.0 Å². The minimum absolute atomic E-state index is 0.213. The predicted molar refractivity (Wildman–Crippen MR) is 103 cm³/mol. The van der Waals surface area contributed by atoms with Crippen molar-refractivity contribution >= 4 is 0 Å². The van der Waals surface area contributed by atoms with Gasteiger partial charge < -0.3 is 14.6 Å². The third kappa shape index (κ3) is 3.39. The molecule has 6 heteroatoms. The van der Waals surface area contributed by atoms with Crippen molar-refractivity contribution in [3.05, 3.63) is 59.7 Å². The van der Waals surface area contributed by atoms with Gasteiger partial charge in [0.1, 0.15) is 17.2 Å². The first-order valence-electron chi connectivity index (χ1n) is 8.93. The molecule has 1 N–H and O–H groups in total. The van der Waals surface area contributed by atoms with E-state index in [9.17, 15) is 14.8 Å². The van der Waals surface area contributed by atoms with E-state index in [0.29, 0.717) is 23.4 Å². The molecule has 2 unspecified atom stereocenters. The van der Waals surface area contributed by atoms with Crippen molar-refractivity contribution in [2.24, 2.45) is 5.41 Å². The van der Waals surface area contributed by atoms with Gasteiger partial charge in [0, 0.05) is 12.7 Å². The van der Waals surface area contributed by atoms with Crippen LogP contribution in [0.2, 0.25) is 0 Å². The van der Waals surface area contributed by atoms with Crippen LogP contribution in [0.15, 0.2) is 48.2 Å². The van der Waals surface area contributed by atoms with E-state index in [1.165, 1.54) is 13.2 Å². The standard InChI is InChI=1S/C22H23FN2O3/c1-21(2)13-22(28-4,10-15(11-24)20(21)26)19-18(9-16(23)12-25-19)14-5-7-17(27-3)8-6-14/h5-10,12,20,26H,13H2,1-4H3. The molecule has 2 aromatic rings.